The number of aromatic nitrogens is 2. The van der Waals surface area contributed by atoms with Crippen LogP contribution < -0.4 is 16.0 Å². The Balaban J connectivity index is 2.13. The molecule has 3 N–H and O–H groups in total. The highest BCUT2D eigenvalue weighted by molar-refractivity contribution is 9.10. The number of carbonyl (C=O) groups excluding carboxylic acids is 1. The Kier molecular flexibility index (Phi) is 4.57. The second-order valence-electron chi connectivity index (χ2n) is 4.63. The Morgan fingerprint density at radius 3 is 3.11 bits per heavy atom. The maximum Gasteiger partial charge on any atom is 0.224 e. The number of rotatable bonds is 5. The van der Waals surface area contributed by atoms with Crippen molar-refractivity contribution < 1.29 is 4.79 Å². The molecule has 0 aliphatic carbocycles. The van der Waals surface area contributed by atoms with Crippen LogP contribution in [0.25, 0.3) is 0 Å². The van der Waals surface area contributed by atoms with Crippen molar-refractivity contribution >= 4 is 33.6 Å². The molecule has 19 heavy (non-hydrogen) atoms. The molecule has 0 saturated carbocycles. The molecule has 1 aliphatic rings. The molecule has 104 valence electrons. The van der Waals surface area contributed by atoms with Crippen molar-refractivity contribution in [3.05, 3.63) is 10.7 Å². The summed E-state index contributed by atoms with van der Waals surface area (Å²) in [5.74, 6) is 1.10. The Morgan fingerprint density at radius 2 is 2.47 bits per heavy atom. The molecule has 2 heterocycles. The molecule has 1 unspecified atom stereocenters. The van der Waals surface area contributed by atoms with E-state index >= 15 is 0 Å². The van der Waals surface area contributed by atoms with Crippen molar-refractivity contribution in [3.8, 4) is 0 Å². The fourth-order valence-corrected chi connectivity index (χ4v) is 2.53. The van der Waals surface area contributed by atoms with Gasteiger partial charge in [-0.3, -0.25) is 4.79 Å². The van der Waals surface area contributed by atoms with Gasteiger partial charge in [-0.15, -0.1) is 0 Å². The summed E-state index contributed by atoms with van der Waals surface area (Å²) in [5, 5.41) is 3.16. The van der Waals surface area contributed by atoms with Crippen molar-refractivity contribution in [3.63, 3.8) is 0 Å². The fraction of sp³-hybridized carbons (Fsp3) is 0.583. The summed E-state index contributed by atoms with van der Waals surface area (Å²) in [7, 11) is 0. The molecule has 7 heteroatoms. The van der Waals surface area contributed by atoms with E-state index in [4.69, 9.17) is 5.73 Å². The second-order valence-corrected chi connectivity index (χ2v) is 5.48. The molecule has 0 spiro atoms. The van der Waals surface area contributed by atoms with E-state index in [0.29, 0.717) is 12.5 Å². The summed E-state index contributed by atoms with van der Waals surface area (Å²) in [5.41, 5.74) is 5.35. The van der Waals surface area contributed by atoms with Crippen LogP contribution in [0.5, 0.6) is 0 Å². The van der Waals surface area contributed by atoms with Crippen molar-refractivity contribution in [1.29, 1.82) is 0 Å². The molecule has 1 aliphatic heterocycles. The maximum absolute atomic E-state index is 11.2. The van der Waals surface area contributed by atoms with Gasteiger partial charge >= 0.3 is 0 Å². The van der Waals surface area contributed by atoms with Crippen LogP contribution in [0.3, 0.4) is 0 Å². The average molecular weight is 328 g/mol. The van der Waals surface area contributed by atoms with E-state index in [9.17, 15) is 4.79 Å². The zero-order valence-electron chi connectivity index (χ0n) is 10.9. The smallest absolute Gasteiger partial charge is 0.224 e. The summed E-state index contributed by atoms with van der Waals surface area (Å²) in [6, 6.07) is 0. The standard InChI is InChI=1S/C12H18BrN5O/c1-2-4-15-12-16-6-9(13)11(17-12)18-5-3-8(7-18)10(14)19/h6,8H,2-5,7H2,1H3,(H2,14,19)(H,15,16,17). The van der Waals surface area contributed by atoms with E-state index in [1.165, 1.54) is 0 Å². The van der Waals surface area contributed by atoms with Crippen LogP contribution in [-0.2, 0) is 4.79 Å². The van der Waals surface area contributed by atoms with Crippen LogP contribution in [0.15, 0.2) is 10.7 Å². The first-order valence-corrected chi connectivity index (χ1v) is 7.21. The van der Waals surface area contributed by atoms with Crippen LogP contribution in [0, 0.1) is 5.92 Å². The van der Waals surface area contributed by atoms with Crippen LogP contribution in [0.2, 0.25) is 0 Å². The summed E-state index contributed by atoms with van der Waals surface area (Å²) in [6.45, 7) is 4.34. The van der Waals surface area contributed by atoms with Gasteiger partial charge in [-0.05, 0) is 28.8 Å². The van der Waals surface area contributed by atoms with E-state index in [2.05, 4.69) is 43.0 Å². The number of carbonyl (C=O) groups is 1. The minimum absolute atomic E-state index is 0.0890. The third-order valence-corrected chi connectivity index (χ3v) is 3.71. The first-order valence-electron chi connectivity index (χ1n) is 6.42. The SMILES string of the molecule is CCCNc1ncc(Br)c(N2CCC(C(N)=O)C2)n1. The van der Waals surface area contributed by atoms with Gasteiger partial charge in [0.15, 0.2) is 0 Å². The number of nitrogens with two attached hydrogens (primary N) is 1. The molecule has 1 saturated heterocycles. The highest BCUT2D eigenvalue weighted by atomic mass is 79.9. The largest absolute Gasteiger partial charge is 0.369 e. The van der Waals surface area contributed by atoms with Crippen LogP contribution in [0.1, 0.15) is 19.8 Å². The maximum atomic E-state index is 11.2. The second kappa shape index (κ2) is 6.18. The number of halogens is 1. The van der Waals surface area contributed by atoms with Crippen LogP contribution >= 0.6 is 15.9 Å². The van der Waals surface area contributed by atoms with Gasteiger partial charge in [0, 0.05) is 25.8 Å². The minimum Gasteiger partial charge on any atom is -0.369 e. The number of nitrogens with one attached hydrogen (secondary N) is 1. The van der Waals surface area contributed by atoms with Crippen molar-refractivity contribution in [2.45, 2.75) is 19.8 Å². The molecule has 1 atom stereocenters. The number of amides is 1. The van der Waals surface area contributed by atoms with Gasteiger partial charge in [-0.2, -0.15) is 4.98 Å². The highest BCUT2D eigenvalue weighted by Gasteiger charge is 2.28. The minimum atomic E-state index is -0.239. The van der Waals surface area contributed by atoms with Gasteiger partial charge in [-0.25, -0.2) is 4.98 Å². The molecule has 0 radical (unpaired) electrons. The average Bonchev–Trinajstić information content (AvgIpc) is 2.87. The van der Waals surface area contributed by atoms with Crippen LogP contribution in [-0.4, -0.2) is 35.5 Å². The van der Waals surface area contributed by atoms with Gasteiger partial charge in [0.2, 0.25) is 11.9 Å². The lowest BCUT2D eigenvalue weighted by Crippen LogP contribution is -2.28. The molecule has 1 amide bonds. The molecular formula is C12H18BrN5O. The van der Waals surface area contributed by atoms with Crippen molar-refractivity contribution in [2.75, 3.05) is 29.9 Å². The Morgan fingerprint density at radius 1 is 1.68 bits per heavy atom. The third kappa shape index (κ3) is 3.34. The molecule has 1 aromatic heterocycles. The van der Waals surface area contributed by atoms with E-state index < -0.39 is 0 Å². The van der Waals surface area contributed by atoms with Crippen molar-refractivity contribution in [1.82, 2.24) is 9.97 Å². The van der Waals surface area contributed by atoms with Gasteiger partial charge in [-0.1, -0.05) is 6.92 Å². The topological polar surface area (TPSA) is 84.1 Å². The first-order chi connectivity index (χ1) is 9.11. The van der Waals surface area contributed by atoms with Gasteiger partial charge in [0.25, 0.3) is 0 Å². The molecule has 0 bridgehead atoms. The Hall–Kier alpha value is -1.37. The Bertz CT molecular complexity index is 467. The molecule has 1 fully saturated rings. The van der Waals surface area contributed by atoms with E-state index in [-0.39, 0.29) is 11.8 Å². The number of anilines is 2. The highest BCUT2D eigenvalue weighted by Crippen LogP contribution is 2.29. The lowest BCUT2D eigenvalue weighted by molar-refractivity contribution is -0.121. The van der Waals surface area contributed by atoms with E-state index in [1.807, 2.05) is 0 Å². The summed E-state index contributed by atoms with van der Waals surface area (Å²) in [4.78, 5) is 22.0. The molecular weight excluding hydrogens is 310 g/mol. The zero-order chi connectivity index (χ0) is 13.8. The van der Waals surface area contributed by atoms with Crippen molar-refractivity contribution in [2.24, 2.45) is 11.7 Å². The molecule has 0 aromatic carbocycles. The monoisotopic (exact) mass is 327 g/mol. The third-order valence-electron chi connectivity index (χ3n) is 3.15. The van der Waals surface area contributed by atoms with E-state index in [1.54, 1.807) is 6.20 Å². The summed E-state index contributed by atoms with van der Waals surface area (Å²) in [6.07, 6.45) is 3.53. The predicted molar refractivity (Wildman–Crippen MR) is 78.0 cm³/mol. The first kappa shape index (κ1) is 14.0. The normalized spacial score (nSPS) is 18.6. The number of primary amides is 1. The summed E-state index contributed by atoms with van der Waals surface area (Å²) >= 11 is 3.45. The summed E-state index contributed by atoms with van der Waals surface area (Å²) < 4.78 is 0.833. The number of hydrogen-bond acceptors (Lipinski definition) is 5. The Labute approximate surface area is 120 Å². The number of nitrogens with zero attached hydrogens (tertiary/aromatic N) is 3. The van der Waals surface area contributed by atoms with Crippen LogP contribution in [0.4, 0.5) is 11.8 Å². The van der Waals surface area contributed by atoms with Gasteiger partial charge in [0.05, 0.1) is 10.4 Å². The van der Waals surface area contributed by atoms with Gasteiger partial charge < -0.3 is 16.0 Å². The lowest BCUT2D eigenvalue weighted by Gasteiger charge is -2.19. The fourth-order valence-electron chi connectivity index (χ4n) is 2.09. The molecule has 2 rings (SSSR count). The molecule has 1 aromatic rings. The van der Waals surface area contributed by atoms with E-state index in [0.717, 1.165) is 36.2 Å². The lowest BCUT2D eigenvalue weighted by atomic mass is 10.1. The molecule has 6 nitrogen and oxygen atoms in total. The predicted octanol–water partition coefficient (Wildman–Crippen LogP) is 1.37. The number of hydrogen-bond donors (Lipinski definition) is 2. The zero-order valence-corrected chi connectivity index (χ0v) is 12.5. The quantitative estimate of drug-likeness (QED) is 0.853. The van der Waals surface area contributed by atoms with Gasteiger partial charge in [0.1, 0.15) is 5.82 Å².